The van der Waals surface area contributed by atoms with Crippen LogP contribution in [-0.2, 0) is 16.0 Å². The molecule has 2 amide bonds. The summed E-state index contributed by atoms with van der Waals surface area (Å²) < 4.78 is 0. The van der Waals surface area contributed by atoms with Crippen molar-refractivity contribution in [3.8, 4) is 0 Å². The van der Waals surface area contributed by atoms with Gasteiger partial charge in [-0.1, -0.05) is 36.4 Å². The summed E-state index contributed by atoms with van der Waals surface area (Å²) in [5.74, 6) is 0.0394. The van der Waals surface area contributed by atoms with E-state index in [0.717, 1.165) is 16.9 Å². The van der Waals surface area contributed by atoms with Gasteiger partial charge in [0.05, 0.1) is 6.54 Å². The molecule has 0 radical (unpaired) electrons. The van der Waals surface area contributed by atoms with E-state index in [1.54, 1.807) is 4.90 Å². The molecule has 138 valence electrons. The Hall–Kier alpha value is -2.82. The summed E-state index contributed by atoms with van der Waals surface area (Å²) in [5, 5.41) is 6.03. The first-order valence-electron chi connectivity index (χ1n) is 9.07. The third-order valence-electron chi connectivity index (χ3n) is 4.19. The number of nitrogens with zero attached hydrogens (tertiary/aromatic N) is 1. The molecule has 5 heteroatoms. The van der Waals surface area contributed by atoms with Crippen LogP contribution in [0.5, 0.6) is 0 Å². The molecule has 2 aromatic carbocycles. The number of hydrogen-bond donors (Lipinski definition) is 2. The van der Waals surface area contributed by atoms with E-state index in [1.165, 1.54) is 0 Å². The van der Waals surface area contributed by atoms with Gasteiger partial charge in [0.1, 0.15) is 0 Å². The van der Waals surface area contributed by atoms with Crippen LogP contribution in [0.2, 0.25) is 0 Å². The van der Waals surface area contributed by atoms with E-state index in [1.807, 2.05) is 68.4 Å². The number of rotatable bonds is 9. The molecule has 0 spiro atoms. The molecule has 0 saturated heterocycles. The summed E-state index contributed by atoms with van der Waals surface area (Å²) in [4.78, 5) is 26.0. The SMILES string of the molecule is CCN(CC)C(=O)CNc1cccc(NC(=O)CCc2ccccc2)c1. The van der Waals surface area contributed by atoms with Crippen molar-refractivity contribution in [1.29, 1.82) is 0 Å². The molecule has 0 unspecified atom stereocenters. The van der Waals surface area contributed by atoms with Crippen LogP contribution >= 0.6 is 0 Å². The van der Waals surface area contributed by atoms with Crippen molar-refractivity contribution in [1.82, 2.24) is 4.90 Å². The number of hydrogen-bond acceptors (Lipinski definition) is 3. The first-order valence-corrected chi connectivity index (χ1v) is 9.07. The number of likely N-dealkylation sites (N-methyl/N-ethyl adjacent to an activating group) is 1. The van der Waals surface area contributed by atoms with Gasteiger partial charge in [-0.05, 0) is 44.0 Å². The van der Waals surface area contributed by atoms with Crippen LogP contribution in [0.1, 0.15) is 25.8 Å². The van der Waals surface area contributed by atoms with E-state index >= 15 is 0 Å². The van der Waals surface area contributed by atoms with E-state index in [-0.39, 0.29) is 18.4 Å². The minimum atomic E-state index is -0.0229. The van der Waals surface area contributed by atoms with Crippen LogP contribution in [0, 0.1) is 0 Å². The highest BCUT2D eigenvalue weighted by molar-refractivity contribution is 5.91. The van der Waals surface area contributed by atoms with Gasteiger partial charge < -0.3 is 15.5 Å². The smallest absolute Gasteiger partial charge is 0.241 e. The molecule has 0 saturated carbocycles. The Labute approximate surface area is 155 Å². The Kier molecular flexibility index (Phi) is 7.68. The van der Waals surface area contributed by atoms with E-state index < -0.39 is 0 Å². The van der Waals surface area contributed by atoms with Crippen LogP contribution < -0.4 is 10.6 Å². The molecule has 0 bridgehead atoms. The molecule has 0 heterocycles. The molecule has 5 nitrogen and oxygen atoms in total. The second-order valence-electron chi connectivity index (χ2n) is 6.03. The highest BCUT2D eigenvalue weighted by Crippen LogP contribution is 2.15. The van der Waals surface area contributed by atoms with Gasteiger partial charge in [-0.3, -0.25) is 9.59 Å². The number of nitrogens with one attached hydrogen (secondary N) is 2. The quantitative estimate of drug-likeness (QED) is 0.725. The summed E-state index contributed by atoms with van der Waals surface area (Å²) >= 11 is 0. The summed E-state index contributed by atoms with van der Waals surface area (Å²) in [6, 6.07) is 17.4. The number of anilines is 2. The standard InChI is InChI=1S/C21H27N3O2/c1-3-24(4-2)21(26)16-22-18-11-8-12-19(15-18)23-20(25)14-13-17-9-6-5-7-10-17/h5-12,15,22H,3-4,13-14,16H2,1-2H3,(H,23,25). The van der Waals surface area contributed by atoms with E-state index in [2.05, 4.69) is 10.6 Å². The van der Waals surface area contributed by atoms with Gasteiger partial charge in [-0.15, -0.1) is 0 Å². The first kappa shape index (κ1) is 19.5. The summed E-state index contributed by atoms with van der Waals surface area (Å²) in [7, 11) is 0. The van der Waals surface area contributed by atoms with Gasteiger partial charge >= 0.3 is 0 Å². The predicted octanol–water partition coefficient (Wildman–Crippen LogP) is 3.54. The topological polar surface area (TPSA) is 61.4 Å². The van der Waals surface area contributed by atoms with Gasteiger partial charge in [-0.2, -0.15) is 0 Å². The van der Waals surface area contributed by atoms with Crippen molar-refractivity contribution in [2.75, 3.05) is 30.3 Å². The number of amides is 2. The minimum absolute atomic E-state index is 0.0229. The Balaban J connectivity index is 1.84. The highest BCUT2D eigenvalue weighted by atomic mass is 16.2. The Bertz CT molecular complexity index is 712. The zero-order valence-electron chi connectivity index (χ0n) is 15.5. The van der Waals surface area contributed by atoms with Gasteiger partial charge in [0.15, 0.2) is 0 Å². The molecule has 0 aliphatic rings. The lowest BCUT2D eigenvalue weighted by molar-refractivity contribution is -0.128. The van der Waals surface area contributed by atoms with Crippen LogP contribution in [0.4, 0.5) is 11.4 Å². The predicted molar refractivity (Wildman–Crippen MR) is 106 cm³/mol. The van der Waals surface area contributed by atoms with Crippen molar-refractivity contribution in [3.63, 3.8) is 0 Å². The molecule has 2 aromatic rings. The summed E-state index contributed by atoms with van der Waals surface area (Å²) in [6.45, 7) is 5.58. The lowest BCUT2D eigenvalue weighted by Gasteiger charge is -2.19. The molecule has 0 aromatic heterocycles. The van der Waals surface area contributed by atoms with Gasteiger partial charge in [0, 0.05) is 30.9 Å². The van der Waals surface area contributed by atoms with Gasteiger partial charge in [0.25, 0.3) is 0 Å². The molecule has 2 N–H and O–H groups in total. The van der Waals surface area contributed by atoms with E-state index in [0.29, 0.717) is 25.9 Å². The molecule has 0 aliphatic carbocycles. The molecule has 2 rings (SSSR count). The Morgan fingerprint density at radius 2 is 1.62 bits per heavy atom. The zero-order valence-corrected chi connectivity index (χ0v) is 15.5. The van der Waals surface area contributed by atoms with Crippen molar-refractivity contribution < 1.29 is 9.59 Å². The zero-order chi connectivity index (χ0) is 18.8. The summed E-state index contributed by atoms with van der Waals surface area (Å²) in [6.07, 6.45) is 1.14. The number of carbonyl (C=O) groups is 2. The molecular formula is C21H27N3O2. The first-order chi connectivity index (χ1) is 12.6. The molecular weight excluding hydrogens is 326 g/mol. The highest BCUT2D eigenvalue weighted by Gasteiger charge is 2.09. The fraction of sp³-hybridized carbons (Fsp3) is 0.333. The average Bonchev–Trinajstić information content (AvgIpc) is 2.67. The molecule has 0 atom stereocenters. The Morgan fingerprint density at radius 3 is 2.31 bits per heavy atom. The van der Waals surface area contributed by atoms with Crippen LogP contribution in [0.3, 0.4) is 0 Å². The van der Waals surface area contributed by atoms with E-state index in [4.69, 9.17) is 0 Å². The van der Waals surface area contributed by atoms with E-state index in [9.17, 15) is 9.59 Å². The maximum Gasteiger partial charge on any atom is 0.241 e. The lowest BCUT2D eigenvalue weighted by Crippen LogP contribution is -2.35. The lowest BCUT2D eigenvalue weighted by atomic mass is 10.1. The molecule has 26 heavy (non-hydrogen) atoms. The average molecular weight is 353 g/mol. The third-order valence-corrected chi connectivity index (χ3v) is 4.19. The maximum absolute atomic E-state index is 12.1. The van der Waals surface area contributed by atoms with Gasteiger partial charge in [-0.25, -0.2) is 0 Å². The fourth-order valence-corrected chi connectivity index (χ4v) is 2.70. The fourth-order valence-electron chi connectivity index (χ4n) is 2.70. The number of benzene rings is 2. The molecule has 0 aliphatic heterocycles. The Morgan fingerprint density at radius 1 is 0.923 bits per heavy atom. The summed E-state index contributed by atoms with van der Waals surface area (Å²) in [5.41, 5.74) is 2.68. The van der Waals surface area contributed by atoms with Gasteiger partial charge in [0.2, 0.25) is 11.8 Å². The van der Waals surface area contributed by atoms with Crippen molar-refractivity contribution >= 4 is 23.2 Å². The normalized spacial score (nSPS) is 10.2. The second kappa shape index (κ2) is 10.2. The van der Waals surface area contributed by atoms with Crippen LogP contribution in [0.25, 0.3) is 0 Å². The minimum Gasteiger partial charge on any atom is -0.376 e. The van der Waals surface area contributed by atoms with Crippen LogP contribution in [0.15, 0.2) is 54.6 Å². The largest absolute Gasteiger partial charge is 0.376 e. The monoisotopic (exact) mass is 353 g/mol. The third kappa shape index (κ3) is 6.24. The van der Waals surface area contributed by atoms with Crippen molar-refractivity contribution in [2.24, 2.45) is 0 Å². The second-order valence-corrected chi connectivity index (χ2v) is 6.03. The maximum atomic E-state index is 12.1. The van der Waals surface area contributed by atoms with Crippen molar-refractivity contribution in [3.05, 3.63) is 60.2 Å². The number of carbonyl (C=O) groups excluding carboxylic acids is 2. The van der Waals surface area contributed by atoms with Crippen LogP contribution in [-0.4, -0.2) is 36.3 Å². The van der Waals surface area contributed by atoms with Crippen molar-refractivity contribution in [2.45, 2.75) is 26.7 Å². The number of aryl methyl sites for hydroxylation is 1. The molecule has 0 fully saturated rings.